The van der Waals surface area contributed by atoms with E-state index in [1.165, 1.54) is 64.2 Å². The molecule has 8 aromatic carbocycles. The molecular formula is C48H32N2S. The molecule has 0 amide bonds. The maximum Gasteiger partial charge on any atom is 0.0562 e. The Labute approximate surface area is 300 Å². The van der Waals surface area contributed by atoms with Crippen LogP contribution < -0.4 is 4.90 Å². The molecule has 0 atom stereocenters. The van der Waals surface area contributed by atoms with Crippen LogP contribution in [0.3, 0.4) is 0 Å². The molecule has 0 unspecified atom stereocenters. The predicted molar refractivity (Wildman–Crippen MR) is 219 cm³/mol. The first-order valence-electron chi connectivity index (χ1n) is 17.4. The van der Waals surface area contributed by atoms with E-state index in [0.717, 1.165) is 22.7 Å². The number of rotatable bonds is 6. The Hall–Kier alpha value is -6.42. The van der Waals surface area contributed by atoms with Gasteiger partial charge in [0.05, 0.1) is 11.0 Å². The first-order valence-corrected chi connectivity index (χ1v) is 18.2. The largest absolute Gasteiger partial charge is 0.310 e. The second-order valence-electron chi connectivity index (χ2n) is 13.0. The van der Waals surface area contributed by atoms with Gasteiger partial charge in [-0.3, -0.25) is 0 Å². The molecule has 0 saturated carbocycles. The van der Waals surface area contributed by atoms with Crippen LogP contribution in [-0.2, 0) is 0 Å². The third-order valence-corrected chi connectivity index (χ3v) is 11.1. The fraction of sp³-hybridized carbons (Fsp3) is 0. The second-order valence-corrected chi connectivity index (χ2v) is 14.1. The lowest BCUT2D eigenvalue weighted by atomic mass is 9.96. The summed E-state index contributed by atoms with van der Waals surface area (Å²) < 4.78 is 5.04. The van der Waals surface area contributed by atoms with Gasteiger partial charge in [0.1, 0.15) is 0 Å². The monoisotopic (exact) mass is 668 g/mol. The molecule has 0 fully saturated rings. The summed E-state index contributed by atoms with van der Waals surface area (Å²) in [5, 5.41) is 5.07. The highest BCUT2D eigenvalue weighted by molar-refractivity contribution is 7.25. The first kappa shape index (κ1) is 29.5. The zero-order valence-corrected chi connectivity index (χ0v) is 28.6. The van der Waals surface area contributed by atoms with Crippen LogP contribution in [0.5, 0.6) is 0 Å². The van der Waals surface area contributed by atoms with Gasteiger partial charge in [-0.15, -0.1) is 11.3 Å². The zero-order valence-electron chi connectivity index (χ0n) is 27.8. The van der Waals surface area contributed by atoms with Crippen LogP contribution in [0.4, 0.5) is 17.1 Å². The average Bonchev–Trinajstić information content (AvgIpc) is 3.74. The molecule has 0 bridgehead atoms. The third kappa shape index (κ3) is 5.01. The van der Waals surface area contributed by atoms with E-state index in [2.05, 4.69) is 204 Å². The van der Waals surface area contributed by atoms with Crippen molar-refractivity contribution in [2.75, 3.05) is 4.90 Å². The lowest BCUT2D eigenvalue weighted by Crippen LogP contribution is -2.09. The minimum Gasteiger partial charge on any atom is -0.310 e. The molecule has 2 heterocycles. The Kier molecular flexibility index (Phi) is 7.04. The van der Waals surface area contributed by atoms with E-state index in [0.29, 0.717) is 0 Å². The third-order valence-electron chi connectivity index (χ3n) is 9.96. The highest BCUT2D eigenvalue weighted by Gasteiger charge is 2.20. The van der Waals surface area contributed by atoms with Crippen molar-refractivity contribution in [1.82, 2.24) is 4.57 Å². The van der Waals surface area contributed by atoms with Crippen LogP contribution in [0.15, 0.2) is 194 Å². The standard InChI is InChI=1S/C48H32N2S/c1-4-14-33(15-5-1)34-16-12-17-35(30-34)40-23-13-24-44-48(40)42-28-26-39(32-45(42)50(44)37-20-8-3-9-21-37)49(36-18-6-2-7-19-36)38-27-29-47-43(31-38)41-22-10-11-25-46(41)51-47/h1-32H. The molecule has 0 aliphatic carbocycles. The van der Waals surface area contributed by atoms with E-state index in [1.54, 1.807) is 0 Å². The van der Waals surface area contributed by atoms with Crippen LogP contribution in [0, 0.1) is 0 Å². The van der Waals surface area contributed by atoms with Gasteiger partial charge >= 0.3 is 0 Å². The van der Waals surface area contributed by atoms with E-state index >= 15 is 0 Å². The van der Waals surface area contributed by atoms with Crippen LogP contribution in [-0.4, -0.2) is 4.57 Å². The summed E-state index contributed by atoms with van der Waals surface area (Å²) in [6, 6.07) is 70.4. The lowest BCUT2D eigenvalue weighted by molar-refractivity contribution is 1.18. The van der Waals surface area contributed by atoms with Crippen molar-refractivity contribution < 1.29 is 0 Å². The van der Waals surface area contributed by atoms with Gasteiger partial charge in [-0.05, 0) is 95.1 Å². The number of para-hydroxylation sites is 2. The van der Waals surface area contributed by atoms with Gasteiger partial charge in [-0.2, -0.15) is 0 Å². The average molecular weight is 669 g/mol. The number of hydrogen-bond donors (Lipinski definition) is 0. The number of hydrogen-bond acceptors (Lipinski definition) is 2. The van der Waals surface area contributed by atoms with E-state index in [-0.39, 0.29) is 0 Å². The van der Waals surface area contributed by atoms with Crippen molar-refractivity contribution in [2.24, 2.45) is 0 Å². The highest BCUT2D eigenvalue weighted by atomic mass is 32.1. The molecule has 0 N–H and O–H groups in total. The van der Waals surface area contributed by atoms with Crippen LogP contribution in [0.25, 0.3) is 69.9 Å². The highest BCUT2D eigenvalue weighted by Crippen LogP contribution is 2.44. The molecule has 0 saturated heterocycles. The minimum absolute atomic E-state index is 1.11. The molecule has 0 aliphatic heterocycles. The number of fused-ring (bicyclic) bond motifs is 6. The Morgan fingerprint density at radius 3 is 1.86 bits per heavy atom. The summed E-state index contributed by atoms with van der Waals surface area (Å²) in [6.07, 6.45) is 0. The van der Waals surface area contributed by atoms with Crippen molar-refractivity contribution in [3.8, 4) is 27.9 Å². The molecule has 2 nitrogen and oxygen atoms in total. The van der Waals surface area contributed by atoms with Gasteiger partial charge in [-0.1, -0.05) is 121 Å². The van der Waals surface area contributed by atoms with Gasteiger partial charge in [0.25, 0.3) is 0 Å². The van der Waals surface area contributed by atoms with Crippen LogP contribution >= 0.6 is 11.3 Å². The van der Waals surface area contributed by atoms with E-state index in [9.17, 15) is 0 Å². The smallest absolute Gasteiger partial charge is 0.0562 e. The van der Waals surface area contributed by atoms with Gasteiger partial charge in [0.2, 0.25) is 0 Å². The molecule has 10 aromatic rings. The molecule has 240 valence electrons. The lowest BCUT2D eigenvalue weighted by Gasteiger charge is -2.26. The molecule has 51 heavy (non-hydrogen) atoms. The van der Waals surface area contributed by atoms with Gasteiger partial charge in [0.15, 0.2) is 0 Å². The Morgan fingerprint density at radius 2 is 1.02 bits per heavy atom. The van der Waals surface area contributed by atoms with Crippen molar-refractivity contribution >= 4 is 70.4 Å². The summed E-state index contributed by atoms with van der Waals surface area (Å²) in [5.74, 6) is 0. The van der Waals surface area contributed by atoms with E-state index in [1.807, 2.05) is 11.3 Å². The zero-order chi connectivity index (χ0) is 33.7. The maximum absolute atomic E-state index is 2.43. The number of aromatic nitrogens is 1. The molecule has 0 aliphatic rings. The quantitative estimate of drug-likeness (QED) is 0.171. The molecule has 3 heteroatoms. The number of benzene rings is 8. The van der Waals surface area contributed by atoms with Crippen molar-refractivity contribution in [3.63, 3.8) is 0 Å². The van der Waals surface area contributed by atoms with Crippen molar-refractivity contribution in [2.45, 2.75) is 0 Å². The molecule has 0 spiro atoms. The summed E-state index contributed by atoms with van der Waals surface area (Å²) in [7, 11) is 0. The Bertz CT molecular complexity index is 2850. The minimum atomic E-state index is 1.11. The maximum atomic E-state index is 2.43. The summed E-state index contributed by atoms with van der Waals surface area (Å²) >= 11 is 1.85. The fourth-order valence-electron chi connectivity index (χ4n) is 7.66. The Morgan fingerprint density at radius 1 is 0.373 bits per heavy atom. The van der Waals surface area contributed by atoms with Gasteiger partial charge < -0.3 is 9.47 Å². The topological polar surface area (TPSA) is 8.17 Å². The SMILES string of the molecule is c1ccc(-c2cccc(-c3cccc4c3c3ccc(N(c5ccccc5)c5ccc6sc7ccccc7c6c5)cc3n4-c3ccccc3)c2)cc1. The van der Waals surface area contributed by atoms with E-state index in [4.69, 9.17) is 0 Å². The summed E-state index contributed by atoms with van der Waals surface area (Å²) in [5.41, 5.74) is 11.7. The predicted octanol–water partition coefficient (Wildman–Crippen LogP) is 14.0. The van der Waals surface area contributed by atoms with Crippen molar-refractivity contribution in [3.05, 3.63) is 194 Å². The van der Waals surface area contributed by atoms with Crippen LogP contribution in [0.1, 0.15) is 0 Å². The molecule has 10 rings (SSSR count). The molecular weight excluding hydrogens is 637 g/mol. The summed E-state index contributed by atoms with van der Waals surface area (Å²) in [6.45, 7) is 0. The first-order chi connectivity index (χ1) is 25.3. The number of anilines is 3. The summed E-state index contributed by atoms with van der Waals surface area (Å²) in [4.78, 5) is 2.39. The van der Waals surface area contributed by atoms with E-state index < -0.39 is 0 Å². The molecule has 2 aromatic heterocycles. The second kappa shape index (κ2) is 12.2. The number of nitrogens with zero attached hydrogens (tertiary/aromatic N) is 2. The number of thiophene rings is 1. The fourth-order valence-corrected chi connectivity index (χ4v) is 8.75. The normalized spacial score (nSPS) is 11.5. The van der Waals surface area contributed by atoms with Crippen LogP contribution in [0.2, 0.25) is 0 Å². The van der Waals surface area contributed by atoms with Crippen molar-refractivity contribution in [1.29, 1.82) is 0 Å². The molecule has 0 radical (unpaired) electrons. The van der Waals surface area contributed by atoms with Gasteiger partial charge in [0, 0.05) is 53.7 Å². The Balaban J connectivity index is 1.22. The van der Waals surface area contributed by atoms with Gasteiger partial charge in [-0.25, -0.2) is 0 Å².